The van der Waals surface area contributed by atoms with Crippen molar-refractivity contribution >= 4 is 21.4 Å². The van der Waals surface area contributed by atoms with Gasteiger partial charge in [0, 0.05) is 23.3 Å². The number of hydrogen-bond acceptors (Lipinski definition) is 4. The lowest BCUT2D eigenvalue weighted by atomic mass is 10.5. The second-order valence-corrected chi connectivity index (χ2v) is 6.76. The Kier molecular flexibility index (Phi) is 5.36. The SMILES string of the molecule is CCN(CC(F)(F)F)S(=O)(=O)c1csc(CNC)c1. The molecule has 0 radical (unpaired) electrons. The molecule has 1 heterocycles. The maximum Gasteiger partial charge on any atom is 0.402 e. The van der Waals surface area contributed by atoms with Crippen LogP contribution in [0.2, 0.25) is 0 Å². The summed E-state index contributed by atoms with van der Waals surface area (Å²) in [5.74, 6) is 0. The zero-order chi connectivity index (χ0) is 14.7. The molecule has 19 heavy (non-hydrogen) atoms. The standard InChI is InChI=1S/C10H15F3N2O2S2/c1-3-15(7-10(11,12)13)19(16,17)9-4-8(5-14-2)18-6-9/h4,6,14H,3,5,7H2,1-2H3. The van der Waals surface area contributed by atoms with Crippen molar-refractivity contribution in [3.05, 3.63) is 16.3 Å². The highest BCUT2D eigenvalue weighted by Gasteiger charge is 2.36. The number of nitrogens with zero attached hydrogens (tertiary/aromatic N) is 1. The third kappa shape index (κ3) is 4.44. The van der Waals surface area contributed by atoms with Crippen molar-refractivity contribution in [2.45, 2.75) is 24.5 Å². The van der Waals surface area contributed by atoms with Crippen LogP contribution in [0, 0.1) is 0 Å². The van der Waals surface area contributed by atoms with Crippen molar-refractivity contribution < 1.29 is 21.6 Å². The van der Waals surface area contributed by atoms with Crippen LogP contribution in [0.25, 0.3) is 0 Å². The smallest absolute Gasteiger partial charge is 0.315 e. The zero-order valence-electron chi connectivity index (χ0n) is 10.5. The summed E-state index contributed by atoms with van der Waals surface area (Å²) in [4.78, 5) is 0.665. The van der Waals surface area contributed by atoms with E-state index >= 15 is 0 Å². The lowest BCUT2D eigenvalue weighted by Gasteiger charge is -2.21. The number of halogens is 3. The van der Waals surface area contributed by atoms with Crippen LogP contribution >= 0.6 is 11.3 Å². The number of alkyl halides is 3. The highest BCUT2D eigenvalue weighted by atomic mass is 32.2. The molecule has 0 aliphatic heterocycles. The van der Waals surface area contributed by atoms with Gasteiger partial charge in [-0.1, -0.05) is 6.92 Å². The summed E-state index contributed by atoms with van der Waals surface area (Å²) < 4.78 is 61.6. The monoisotopic (exact) mass is 316 g/mol. The highest BCUT2D eigenvalue weighted by molar-refractivity contribution is 7.89. The van der Waals surface area contributed by atoms with Crippen LogP contribution in [0.4, 0.5) is 13.2 Å². The highest BCUT2D eigenvalue weighted by Crippen LogP contribution is 2.25. The summed E-state index contributed by atoms with van der Waals surface area (Å²) in [6.07, 6.45) is -4.55. The largest absolute Gasteiger partial charge is 0.402 e. The van der Waals surface area contributed by atoms with Gasteiger partial charge < -0.3 is 5.32 Å². The van der Waals surface area contributed by atoms with Crippen molar-refractivity contribution in [1.29, 1.82) is 0 Å². The molecule has 0 unspecified atom stereocenters. The van der Waals surface area contributed by atoms with E-state index in [4.69, 9.17) is 0 Å². The Bertz CT molecular complexity index is 511. The second kappa shape index (κ2) is 6.21. The molecule has 0 aromatic carbocycles. The van der Waals surface area contributed by atoms with Crippen molar-refractivity contribution in [2.75, 3.05) is 20.1 Å². The molecule has 1 aromatic rings. The summed E-state index contributed by atoms with van der Waals surface area (Å²) in [5, 5.41) is 4.21. The van der Waals surface area contributed by atoms with Gasteiger partial charge in [0.2, 0.25) is 10.0 Å². The normalized spacial score (nSPS) is 13.2. The van der Waals surface area contributed by atoms with Gasteiger partial charge in [-0.2, -0.15) is 17.5 Å². The topological polar surface area (TPSA) is 49.4 Å². The molecule has 0 aliphatic carbocycles. The van der Waals surface area contributed by atoms with Crippen LogP contribution in [0.5, 0.6) is 0 Å². The van der Waals surface area contributed by atoms with E-state index in [1.54, 1.807) is 7.05 Å². The maximum absolute atomic E-state index is 12.4. The lowest BCUT2D eigenvalue weighted by Crippen LogP contribution is -2.38. The van der Waals surface area contributed by atoms with E-state index in [1.807, 2.05) is 0 Å². The van der Waals surface area contributed by atoms with Crippen molar-refractivity contribution in [1.82, 2.24) is 9.62 Å². The average Bonchev–Trinajstić information content (AvgIpc) is 2.74. The van der Waals surface area contributed by atoms with Gasteiger partial charge in [-0.25, -0.2) is 8.42 Å². The first-order valence-corrected chi connectivity index (χ1v) is 7.81. The van der Waals surface area contributed by atoms with Gasteiger partial charge >= 0.3 is 6.18 Å². The molecule has 0 bridgehead atoms. The third-order valence-electron chi connectivity index (χ3n) is 2.33. The molecule has 110 valence electrons. The Morgan fingerprint density at radius 3 is 2.53 bits per heavy atom. The van der Waals surface area contributed by atoms with Crippen molar-refractivity contribution in [3.63, 3.8) is 0 Å². The molecule has 9 heteroatoms. The van der Waals surface area contributed by atoms with E-state index < -0.39 is 22.7 Å². The Morgan fingerprint density at radius 1 is 1.42 bits per heavy atom. The van der Waals surface area contributed by atoms with Gasteiger partial charge in [-0.15, -0.1) is 11.3 Å². The van der Waals surface area contributed by atoms with Gasteiger partial charge in [0.15, 0.2) is 0 Å². The Morgan fingerprint density at radius 2 is 2.05 bits per heavy atom. The predicted molar refractivity (Wildman–Crippen MR) is 67.6 cm³/mol. The number of sulfonamides is 1. The summed E-state index contributed by atoms with van der Waals surface area (Å²) >= 11 is 1.20. The Hall–Kier alpha value is -0.640. The maximum atomic E-state index is 12.4. The van der Waals surface area contributed by atoms with Crippen molar-refractivity contribution in [2.24, 2.45) is 0 Å². The van der Waals surface area contributed by atoms with Gasteiger partial charge in [-0.3, -0.25) is 0 Å². The van der Waals surface area contributed by atoms with Gasteiger partial charge in [0.05, 0.1) is 4.90 Å². The first-order valence-electron chi connectivity index (χ1n) is 5.49. The summed E-state index contributed by atoms with van der Waals surface area (Å²) in [5.41, 5.74) is 0. The molecule has 0 saturated carbocycles. The van der Waals surface area contributed by atoms with Crippen LogP contribution in [-0.4, -0.2) is 39.0 Å². The van der Waals surface area contributed by atoms with Gasteiger partial charge in [0.25, 0.3) is 0 Å². The van der Waals surface area contributed by atoms with Crippen LogP contribution in [-0.2, 0) is 16.6 Å². The molecular formula is C10H15F3N2O2S2. The minimum atomic E-state index is -4.55. The summed E-state index contributed by atoms with van der Waals surface area (Å²) in [6, 6.07) is 1.40. The van der Waals surface area contributed by atoms with E-state index in [0.29, 0.717) is 10.8 Å². The average molecular weight is 316 g/mol. The minimum Gasteiger partial charge on any atom is -0.315 e. The Labute approximate surface area is 114 Å². The van der Waals surface area contributed by atoms with E-state index in [1.165, 1.54) is 29.7 Å². The van der Waals surface area contributed by atoms with Crippen LogP contribution in [0.3, 0.4) is 0 Å². The van der Waals surface area contributed by atoms with Crippen molar-refractivity contribution in [3.8, 4) is 0 Å². The number of hydrogen-bond donors (Lipinski definition) is 1. The van der Waals surface area contributed by atoms with Crippen LogP contribution in [0.15, 0.2) is 16.3 Å². The number of rotatable bonds is 6. The summed E-state index contributed by atoms with van der Waals surface area (Å²) in [6.45, 7) is 0.165. The molecule has 1 rings (SSSR count). The van der Waals surface area contributed by atoms with E-state index in [2.05, 4.69) is 5.32 Å². The predicted octanol–water partition coefficient (Wildman–Crippen LogP) is 2.04. The number of thiophene rings is 1. The van der Waals surface area contributed by atoms with Crippen LogP contribution in [0.1, 0.15) is 11.8 Å². The molecule has 0 spiro atoms. The molecule has 0 fully saturated rings. The molecule has 1 N–H and O–H groups in total. The molecule has 0 saturated heterocycles. The van der Waals surface area contributed by atoms with E-state index in [9.17, 15) is 21.6 Å². The molecule has 0 amide bonds. The van der Waals surface area contributed by atoms with Gasteiger partial charge in [-0.05, 0) is 13.1 Å². The fraction of sp³-hybridized carbons (Fsp3) is 0.600. The molecule has 1 aromatic heterocycles. The first kappa shape index (κ1) is 16.4. The molecular weight excluding hydrogens is 301 g/mol. The molecule has 4 nitrogen and oxygen atoms in total. The number of nitrogens with one attached hydrogen (secondary N) is 1. The quantitative estimate of drug-likeness (QED) is 0.874. The molecule has 0 aliphatic rings. The summed E-state index contributed by atoms with van der Waals surface area (Å²) in [7, 11) is -2.38. The fourth-order valence-corrected chi connectivity index (χ4v) is 4.19. The Balaban J connectivity index is 2.99. The van der Waals surface area contributed by atoms with E-state index in [0.717, 1.165) is 4.88 Å². The minimum absolute atomic E-state index is 0.0890. The van der Waals surface area contributed by atoms with E-state index in [-0.39, 0.29) is 11.4 Å². The second-order valence-electron chi connectivity index (χ2n) is 3.83. The third-order valence-corrected chi connectivity index (χ3v) is 5.31. The lowest BCUT2D eigenvalue weighted by molar-refractivity contribution is -0.135. The first-order chi connectivity index (χ1) is 8.70. The zero-order valence-corrected chi connectivity index (χ0v) is 12.1. The molecule has 0 atom stereocenters. The fourth-order valence-electron chi connectivity index (χ4n) is 1.48. The van der Waals surface area contributed by atoms with Crippen LogP contribution < -0.4 is 5.32 Å². The van der Waals surface area contributed by atoms with Gasteiger partial charge in [0.1, 0.15) is 6.54 Å².